The van der Waals surface area contributed by atoms with Crippen LogP contribution in [0.25, 0.3) is 0 Å². The maximum atomic E-state index is 12.6. The van der Waals surface area contributed by atoms with Crippen LogP contribution in [-0.4, -0.2) is 16.5 Å². The van der Waals surface area contributed by atoms with Crippen molar-refractivity contribution in [1.29, 1.82) is 15.8 Å². The third-order valence-electron chi connectivity index (χ3n) is 5.62. The van der Waals surface area contributed by atoms with Gasteiger partial charge in [-0.15, -0.1) is 0 Å². The van der Waals surface area contributed by atoms with Crippen LogP contribution in [0.5, 0.6) is 0 Å². The smallest absolute Gasteiger partial charge is 0.154 e. The van der Waals surface area contributed by atoms with Crippen LogP contribution in [0.4, 0.5) is 0 Å². The standard InChI is InChI=1S/C23H20N4O2/c1-13-19-17(18(12-26)22(27-13)16(10-24)11-25)9-23(3,29)21(14(2)28)20(19)15-7-5-4-6-8-15/h4-8,20-21,27,29H,9H2,1-3H3. The molecule has 2 N–H and O–H groups in total. The minimum absolute atomic E-state index is 0.0749. The van der Waals surface area contributed by atoms with E-state index in [4.69, 9.17) is 0 Å². The number of fused-ring (bicyclic) bond motifs is 1. The molecule has 6 heteroatoms. The van der Waals surface area contributed by atoms with E-state index in [1.54, 1.807) is 13.8 Å². The predicted octanol–water partition coefficient (Wildman–Crippen LogP) is 3.13. The van der Waals surface area contributed by atoms with Crippen molar-refractivity contribution in [2.75, 3.05) is 0 Å². The first-order chi connectivity index (χ1) is 13.8. The summed E-state index contributed by atoms with van der Waals surface area (Å²) in [5.41, 5.74) is 1.56. The van der Waals surface area contributed by atoms with Gasteiger partial charge in [0.25, 0.3) is 0 Å². The third kappa shape index (κ3) is 3.23. The molecule has 6 nitrogen and oxygen atoms in total. The monoisotopic (exact) mass is 384 g/mol. The number of benzene rings is 1. The SMILES string of the molecule is CC(=O)C1C(c2ccccc2)C2=C(C)NC(=C(C#N)C#N)C(C#N)=C2CC1(C)O. The molecule has 1 aromatic carbocycles. The topological polar surface area (TPSA) is 121 Å². The van der Waals surface area contributed by atoms with E-state index in [1.807, 2.05) is 42.5 Å². The summed E-state index contributed by atoms with van der Waals surface area (Å²) in [6.45, 7) is 4.86. The Labute approximate surface area is 169 Å². The fraction of sp³-hybridized carbons (Fsp3) is 0.304. The number of nitrogens with zero attached hydrogens (tertiary/aromatic N) is 3. The third-order valence-corrected chi connectivity index (χ3v) is 5.62. The van der Waals surface area contributed by atoms with Crippen molar-refractivity contribution in [3.63, 3.8) is 0 Å². The molecule has 0 bridgehead atoms. The normalized spacial score (nSPS) is 25.9. The first-order valence-corrected chi connectivity index (χ1v) is 9.20. The summed E-state index contributed by atoms with van der Waals surface area (Å²) in [6, 6.07) is 15.1. The first-order valence-electron chi connectivity index (χ1n) is 9.20. The number of Topliss-reactive ketones (excluding diaryl/α,β-unsaturated/α-hetero) is 1. The van der Waals surface area contributed by atoms with Crippen LogP contribution >= 0.6 is 0 Å². The summed E-state index contributed by atoms with van der Waals surface area (Å²) in [5.74, 6) is -1.30. The second-order valence-corrected chi connectivity index (χ2v) is 7.61. The highest BCUT2D eigenvalue weighted by Crippen LogP contribution is 2.53. The van der Waals surface area contributed by atoms with Crippen LogP contribution in [0.1, 0.15) is 38.7 Å². The van der Waals surface area contributed by atoms with Crippen LogP contribution in [0.15, 0.2) is 64.0 Å². The molecule has 0 aromatic heterocycles. The first kappa shape index (κ1) is 20.1. The van der Waals surface area contributed by atoms with E-state index in [9.17, 15) is 25.7 Å². The van der Waals surface area contributed by atoms with Crippen molar-refractivity contribution in [3.05, 3.63) is 69.6 Å². The Hall–Kier alpha value is -3.66. The number of nitrogens with one attached hydrogen (secondary N) is 1. The average Bonchev–Trinajstić information content (AvgIpc) is 2.67. The summed E-state index contributed by atoms with van der Waals surface area (Å²) < 4.78 is 0. The Bertz CT molecular complexity index is 1090. The number of hydrogen-bond acceptors (Lipinski definition) is 6. The van der Waals surface area contributed by atoms with Crippen molar-refractivity contribution in [2.24, 2.45) is 5.92 Å². The highest BCUT2D eigenvalue weighted by molar-refractivity contribution is 5.83. The van der Waals surface area contributed by atoms with Gasteiger partial charge in [0.2, 0.25) is 0 Å². The zero-order valence-electron chi connectivity index (χ0n) is 16.4. The second-order valence-electron chi connectivity index (χ2n) is 7.61. The van der Waals surface area contributed by atoms with Crippen LogP contribution in [0.2, 0.25) is 0 Å². The molecule has 1 saturated carbocycles. The van der Waals surface area contributed by atoms with E-state index in [0.29, 0.717) is 11.3 Å². The number of ketones is 1. The minimum Gasteiger partial charge on any atom is -0.389 e. The van der Waals surface area contributed by atoms with Crippen molar-refractivity contribution < 1.29 is 9.90 Å². The van der Waals surface area contributed by atoms with Gasteiger partial charge in [-0.1, -0.05) is 30.3 Å². The zero-order valence-corrected chi connectivity index (χ0v) is 16.4. The fourth-order valence-electron chi connectivity index (χ4n) is 4.57. The molecule has 1 aromatic rings. The van der Waals surface area contributed by atoms with Gasteiger partial charge in [0.15, 0.2) is 5.57 Å². The Morgan fingerprint density at radius 1 is 1.21 bits per heavy atom. The molecule has 29 heavy (non-hydrogen) atoms. The molecule has 0 radical (unpaired) electrons. The Morgan fingerprint density at radius 2 is 1.83 bits per heavy atom. The summed E-state index contributed by atoms with van der Waals surface area (Å²) in [5, 5.41) is 42.8. The average molecular weight is 384 g/mol. The van der Waals surface area contributed by atoms with Crippen molar-refractivity contribution in [2.45, 2.75) is 38.7 Å². The van der Waals surface area contributed by atoms with Crippen molar-refractivity contribution >= 4 is 5.78 Å². The number of nitriles is 3. The largest absolute Gasteiger partial charge is 0.389 e. The van der Waals surface area contributed by atoms with Crippen LogP contribution in [0.3, 0.4) is 0 Å². The van der Waals surface area contributed by atoms with E-state index in [2.05, 4.69) is 11.4 Å². The van der Waals surface area contributed by atoms with Crippen LogP contribution < -0.4 is 5.32 Å². The van der Waals surface area contributed by atoms with E-state index < -0.39 is 17.4 Å². The molecule has 1 aliphatic heterocycles. The van der Waals surface area contributed by atoms with Gasteiger partial charge < -0.3 is 10.4 Å². The van der Waals surface area contributed by atoms with E-state index in [1.165, 1.54) is 6.92 Å². The molecule has 1 aliphatic carbocycles. The van der Waals surface area contributed by atoms with Crippen molar-refractivity contribution in [3.8, 4) is 18.2 Å². The van der Waals surface area contributed by atoms with Gasteiger partial charge in [0.1, 0.15) is 24.0 Å². The Balaban J connectivity index is 2.38. The number of hydrogen-bond donors (Lipinski definition) is 2. The van der Waals surface area contributed by atoms with E-state index in [-0.39, 0.29) is 29.0 Å². The molecule has 2 aliphatic rings. The molecule has 0 saturated heterocycles. The molecular formula is C23H20N4O2. The summed E-state index contributed by atoms with van der Waals surface area (Å²) in [4.78, 5) is 12.6. The highest BCUT2D eigenvalue weighted by Gasteiger charge is 2.50. The maximum absolute atomic E-state index is 12.6. The number of carbonyl (C=O) groups excluding carboxylic acids is 1. The quantitative estimate of drug-likeness (QED) is 0.756. The lowest BCUT2D eigenvalue weighted by Gasteiger charge is -2.46. The minimum atomic E-state index is -1.39. The van der Waals surface area contributed by atoms with Gasteiger partial charge in [-0.25, -0.2) is 0 Å². The summed E-state index contributed by atoms with van der Waals surface area (Å²) in [7, 11) is 0. The Morgan fingerprint density at radius 3 is 2.34 bits per heavy atom. The highest BCUT2D eigenvalue weighted by atomic mass is 16.3. The molecule has 3 rings (SSSR count). The van der Waals surface area contributed by atoms with Crippen LogP contribution in [0, 0.1) is 39.9 Å². The van der Waals surface area contributed by atoms with Gasteiger partial charge in [-0.3, -0.25) is 4.79 Å². The molecule has 3 unspecified atom stereocenters. The molecule has 1 heterocycles. The Kier molecular flexibility index (Phi) is 5.12. The number of carbonyl (C=O) groups is 1. The lowest BCUT2D eigenvalue weighted by molar-refractivity contribution is -0.131. The van der Waals surface area contributed by atoms with E-state index in [0.717, 1.165) is 11.1 Å². The lowest BCUT2D eigenvalue weighted by atomic mass is 9.60. The molecule has 1 fully saturated rings. The van der Waals surface area contributed by atoms with Crippen molar-refractivity contribution in [1.82, 2.24) is 5.32 Å². The molecular weight excluding hydrogens is 364 g/mol. The molecule has 0 amide bonds. The number of aliphatic hydroxyl groups is 1. The van der Waals surface area contributed by atoms with Crippen LogP contribution in [-0.2, 0) is 4.79 Å². The lowest BCUT2D eigenvalue weighted by Crippen LogP contribution is -2.48. The maximum Gasteiger partial charge on any atom is 0.154 e. The zero-order chi connectivity index (χ0) is 21.3. The second kappa shape index (κ2) is 7.40. The number of allylic oxidation sites excluding steroid dienone is 4. The molecule has 0 spiro atoms. The van der Waals surface area contributed by atoms with Gasteiger partial charge in [-0.2, -0.15) is 15.8 Å². The number of rotatable bonds is 2. The molecule has 3 atom stereocenters. The fourth-order valence-corrected chi connectivity index (χ4v) is 4.57. The van der Waals surface area contributed by atoms with Gasteiger partial charge in [0, 0.05) is 18.0 Å². The predicted molar refractivity (Wildman–Crippen MR) is 105 cm³/mol. The van der Waals surface area contributed by atoms with Gasteiger partial charge in [0.05, 0.1) is 22.8 Å². The molecule has 144 valence electrons. The van der Waals surface area contributed by atoms with Gasteiger partial charge >= 0.3 is 0 Å². The van der Waals surface area contributed by atoms with E-state index >= 15 is 0 Å². The number of dihydropyridines is 1. The summed E-state index contributed by atoms with van der Waals surface area (Å²) >= 11 is 0. The van der Waals surface area contributed by atoms with Gasteiger partial charge in [-0.05, 0) is 37.5 Å². The summed E-state index contributed by atoms with van der Waals surface area (Å²) in [6.07, 6.45) is 0.0749.